The number of benzene rings is 2. The van der Waals surface area contributed by atoms with Gasteiger partial charge in [0.1, 0.15) is 16.9 Å². The number of rotatable bonds is 8. The van der Waals surface area contributed by atoms with Gasteiger partial charge in [-0.1, -0.05) is 66.4 Å². The van der Waals surface area contributed by atoms with Gasteiger partial charge in [0.2, 0.25) is 5.91 Å². The number of pyridine rings is 1. The summed E-state index contributed by atoms with van der Waals surface area (Å²) in [7, 11) is 0. The monoisotopic (exact) mass is 499 g/mol. The molecule has 35 heavy (non-hydrogen) atoms. The number of hydrogen-bond acceptors (Lipinski definition) is 7. The Kier molecular flexibility index (Phi) is 7.77. The summed E-state index contributed by atoms with van der Waals surface area (Å²) in [5.41, 5.74) is 7.88. The third-order valence-corrected chi connectivity index (χ3v) is 6.95. The number of carbonyl (C=O) groups excluding carboxylic acids is 2. The highest BCUT2D eigenvalue weighted by atomic mass is 32.2. The molecule has 4 N–H and O–H groups in total. The summed E-state index contributed by atoms with van der Waals surface area (Å²) in [6.07, 6.45) is 0. The number of amides is 2. The third-order valence-electron chi connectivity index (χ3n) is 5.02. The molecule has 9 heteroatoms. The topological polar surface area (TPSA) is 121 Å². The van der Waals surface area contributed by atoms with E-state index in [2.05, 4.69) is 15.6 Å². The maximum Gasteiger partial charge on any atom is 0.259 e. The number of para-hydroxylation sites is 1. The van der Waals surface area contributed by atoms with Crippen LogP contribution in [0.2, 0.25) is 0 Å². The Balaban J connectivity index is 1.46. The average Bonchev–Trinajstić information content (AvgIpc) is 3.42. The average molecular weight is 500 g/mol. The van der Waals surface area contributed by atoms with Crippen LogP contribution in [0, 0.1) is 11.3 Å². The summed E-state index contributed by atoms with van der Waals surface area (Å²) in [6.45, 7) is 0. The van der Waals surface area contributed by atoms with Gasteiger partial charge in [-0.3, -0.25) is 9.59 Å². The number of nitrogens with one attached hydrogen (secondary N) is 2. The molecule has 0 saturated heterocycles. The van der Waals surface area contributed by atoms with Crippen LogP contribution in [0.5, 0.6) is 0 Å². The van der Waals surface area contributed by atoms with Crippen LogP contribution in [0.3, 0.4) is 0 Å². The molecular weight excluding hydrogens is 478 g/mol. The Morgan fingerprint density at radius 2 is 1.77 bits per heavy atom. The van der Waals surface area contributed by atoms with Crippen molar-refractivity contribution in [3.63, 3.8) is 0 Å². The van der Waals surface area contributed by atoms with Crippen LogP contribution in [0.15, 0.2) is 89.3 Å². The second-order valence-corrected chi connectivity index (χ2v) is 9.36. The van der Waals surface area contributed by atoms with Gasteiger partial charge < -0.3 is 16.4 Å². The van der Waals surface area contributed by atoms with Gasteiger partial charge >= 0.3 is 0 Å². The molecule has 2 aromatic carbocycles. The van der Waals surface area contributed by atoms with E-state index in [1.54, 1.807) is 35.6 Å². The van der Waals surface area contributed by atoms with E-state index in [0.29, 0.717) is 10.7 Å². The molecule has 174 valence electrons. The molecule has 0 aliphatic carbocycles. The molecule has 7 nitrogen and oxygen atoms in total. The summed E-state index contributed by atoms with van der Waals surface area (Å²) in [5.74, 6) is -0.659. The van der Waals surface area contributed by atoms with Crippen LogP contribution in [0.25, 0.3) is 0 Å². The van der Waals surface area contributed by atoms with Gasteiger partial charge in [0, 0.05) is 10.6 Å². The zero-order chi connectivity index (χ0) is 24.6. The van der Waals surface area contributed by atoms with E-state index < -0.39 is 5.91 Å². The highest BCUT2D eigenvalue weighted by molar-refractivity contribution is 8.00. The Hall–Kier alpha value is -4.13. The first-order valence-corrected chi connectivity index (χ1v) is 12.5. The third kappa shape index (κ3) is 6.06. The summed E-state index contributed by atoms with van der Waals surface area (Å²) < 4.78 is 0. The number of anilines is 2. The Morgan fingerprint density at radius 3 is 2.43 bits per heavy atom. The van der Waals surface area contributed by atoms with Crippen molar-refractivity contribution in [1.29, 1.82) is 5.26 Å². The predicted octanol–water partition coefficient (Wildman–Crippen LogP) is 4.85. The van der Waals surface area contributed by atoms with Crippen LogP contribution in [0.1, 0.15) is 32.4 Å². The number of nitriles is 1. The fraction of sp³-hybridized carbons (Fsp3) is 0.0769. The molecule has 4 rings (SSSR count). The molecule has 0 fully saturated rings. The van der Waals surface area contributed by atoms with Gasteiger partial charge in [-0.25, -0.2) is 4.98 Å². The lowest BCUT2D eigenvalue weighted by molar-refractivity contribution is -0.119. The van der Waals surface area contributed by atoms with E-state index in [1.807, 2.05) is 60.0 Å². The molecule has 2 amide bonds. The molecule has 0 unspecified atom stereocenters. The Labute approximate surface area is 211 Å². The first-order valence-electron chi connectivity index (χ1n) is 10.6. The zero-order valence-electron chi connectivity index (χ0n) is 18.5. The maximum absolute atomic E-state index is 12.8. The SMILES string of the molecule is N#Cc1cc(C(=O)Nc2ccccc2)c(N)nc1SCC(=O)N[C@@H](c1ccccc1)c1cccs1. The smallest absolute Gasteiger partial charge is 0.259 e. The van der Waals surface area contributed by atoms with E-state index in [9.17, 15) is 14.9 Å². The lowest BCUT2D eigenvalue weighted by atomic mass is 10.1. The highest BCUT2D eigenvalue weighted by Gasteiger charge is 2.20. The summed E-state index contributed by atoms with van der Waals surface area (Å²) in [5, 5.41) is 17.7. The lowest BCUT2D eigenvalue weighted by Gasteiger charge is -2.18. The van der Waals surface area contributed by atoms with Gasteiger partial charge in [0.15, 0.2) is 0 Å². The number of aromatic nitrogens is 1. The Bertz CT molecular complexity index is 1350. The first-order chi connectivity index (χ1) is 17.0. The van der Waals surface area contributed by atoms with Crippen LogP contribution in [-0.4, -0.2) is 22.6 Å². The van der Waals surface area contributed by atoms with Gasteiger partial charge in [-0.2, -0.15) is 5.26 Å². The second-order valence-electron chi connectivity index (χ2n) is 7.42. The van der Waals surface area contributed by atoms with E-state index in [-0.39, 0.29) is 34.6 Å². The molecule has 0 saturated carbocycles. The molecule has 0 bridgehead atoms. The molecule has 0 aliphatic heterocycles. The van der Waals surface area contributed by atoms with Crippen molar-refractivity contribution < 1.29 is 9.59 Å². The van der Waals surface area contributed by atoms with Crippen molar-refractivity contribution in [2.24, 2.45) is 0 Å². The van der Waals surface area contributed by atoms with E-state index in [0.717, 1.165) is 22.2 Å². The van der Waals surface area contributed by atoms with E-state index in [1.165, 1.54) is 6.07 Å². The van der Waals surface area contributed by atoms with Gasteiger partial charge in [-0.05, 0) is 35.2 Å². The van der Waals surface area contributed by atoms with Crippen LogP contribution in [0.4, 0.5) is 11.5 Å². The van der Waals surface area contributed by atoms with Gasteiger partial charge in [0.05, 0.1) is 22.9 Å². The van der Waals surface area contributed by atoms with Crippen LogP contribution in [-0.2, 0) is 4.79 Å². The number of hydrogen-bond donors (Lipinski definition) is 3. The van der Waals surface area contributed by atoms with Crippen molar-refractivity contribution in [3.05, 3.63) is 106 Å². The first kappa shape index (κ1) is 24.0. The van der Waals surface area contributed by atoms with Crippen molar-refractivity contribution >= 4 is 46.4 Å². The minimum Gasteiger partial charge on any atom is -0.383 e. The molecular formula is C26H21N5O2S2. The number of thioether (sulfide) groups is 1. The number of nitrogen functional groups attached to an aromatic ring is 1. The largest absolute Gasteiger partial charge is 0.383 e. The fourth-order valence-corrected chi connectivity index (χ4v) is 4.93. The van der Waals surface area contributed by atoms with Crippen LogP contribution < -0.4 is 16.4 Å². The summed E-state index contributed by atoms with van der Waals surface area (Å²) >= 11 is 2.66. The maximum atomic E-state index is 12.8. The molecule has 4 aromatic rings. The van der Waals surface area contributed by atoms with Crippen molar-refractivity contribution in [2.45, 2.75) is 11.1 Å². The predicted molar refractivity (Wildman–Crippen MR) is 139 cm³/mol. The quantitative estimate of drug-likeness (QED) is 0.298. The van der Waals surface area contributed by atoms with Crippen molar-refractivity contribution in [1.82, 2.24) is 10.3 Å². The highest BCUT2D eigenvalue weighted by Crippen LogP contribution is 2.28. The summed E-state index contributed by atoms with van der Waals surface area (Å²) in [4.78, 5) is 30.7. The van der Waals surface area contributed by atoms with E-state index in [4.69, 9.17) is 5.73 Å². The normalized spacial score (nSPS) is 11.3. The minimum absolute atomic E-state index is 0.0129. The number of carbonyl (C=O) groups is 2. The molecule has 2 heterocycles. The van der Waals surface area contributed by atoms with Crippen LogP contribution >= 0.6 is 23.1 Å². The lowest BCUT2D eigenvalue weighted by Crippen LogP contribution is -2.30. The Morgan fingerprint density at radius 1 is 1.06 bits per heavy atom. The van der Waals surface area contributed by atoms with E-state index >= 15 is 0 Å². The van der Waals surface area contributed by atoms with Crippen molar-refractivity contribution in [2.75, 3.05) is 16.8 Å². The fourth-order valence-electron chi connectivity index (χ4n) is 3.36. The molecule has 0 radical (unpaired) electrons. The molecule has 0 aliphatic rings. The summed E-state index contributed by atoms with van der Waals surface area (Å²) in [6, 6.07) is 25.7. The van der Waals surface area contributed by atoms with Gasteiger partial charge in [-0.15, -0.1) is 11.3 Å². The minimum atomic E-state index is -0.464. The zero-order valence-corrected chi connectivity index (χ0v) is 20.1. The molecule has 1 atom stereocenters. The number of nitrogens with two attached hydrogens (primary N) is 1. The second kappa shape index (κ2) is 11.3. The standard InChI is InChI=1S/C26H21N5O2S2/c27-15-18-14-20(25(33)29-19-10-5-2-6-11-19)24(28)31-26(18)35-16-22(32)30-23(21-12-7-13-34-21)17-8-3-1-4-9-17/h1-14,23H,16H2,(H2,28,31)(H,29,33)(H,30,32)/t23-/m0/s1. The molecule has 2 aromatic heterocycles. The number of thiophene rings is 1. The number of nitrogens with zero attached hydrogens (tertiary/aromatic N) is 2. The molecule has 0 spiro atoms. The van der Waals surface area contributed by atoms with Gasteiger partial charge in [0.25, 0.3) is 5.91 Å². The van der Waals surface area contributed by atoms with Crippen molar-refractivity contribution in [3.8, 4) is 6.07 Å².